The number of likely N-dealkylation sites (N-methyl/N-ethyl adjacent to an activating group) is 1. The van der Waals surface area contributed by atoms with Crippen LogP contribution in [0.4, 0.5) is 0 Å². The number of ether oxygens (including phenoxy) is 1. The molecule has 0 heterocycles. The Morgan fingerprint density at radius 3 is 2.79 bits per heavy atom. The molecule has 0 aromatic heterocycles. The molecule has 1 unspecified atom stereocenters. The minimum Gasteiger partial charge on any atom is -0.381 e. The summed E-state index contributed by atoms with van der Waals surface area (Å²) in [6.07, 6.45) is 4.40. The lowest BCUT2D eigenvalue weighted by Gasteiger charge is -2.18. The molecule has 0 spiro atoms. The van der Waals surface area contributed by atoms with Crippen molar-refractivity contribution in [1.82, 2.24) is 5.32 Å². The van der Waals surface area contributed by atoms with E-state index in [4.69, 9.17) is 16.3 Å². The van der Waals surface area contributed by atoms with Gasteiger partial charge in [-0.15, -0.1) is 0 Å². The molecule has 0 bridgehead atoms. The number of halogens is 1. The Kier molecular flexibility index (Phi) is 8.89. The van der Waals surface area contributed by atoms with Crippen LogP contribution >= 0.6 is 11.6 Å². The van der Waals surface area contributed by atoms with Gasteiger partial charge in [0, 0.05) is 24.3 Å². The Labute approximate surface area is 122 Å². The Bertz CT molecular complexity index is 343. The van der Waals surface area contributed by atoms with E-state index in [-0.39, 0.29) is 0 Å². The van der Waals surface area contributed by atoms with Gasteiger partial charge in [0.2, 0.25) is 0 Å². The number of hydrogen-bond donors (Lipinski definition) is 1. The molecule has 0 saturated heterocycles. The molecular weight excluding hydrogens is 258 g/mol. The standard InChI is InChI=1S/C16H26ClNO/c1-3-5-10-19-11-9-16(18-4-2)13-14-7-6-8-15(17)12-14/h6-8,12,16,18H,3-5,9-11,13H2,1-2H3. The molecule has 0 aliphatic rings. The Morgan fingerprint density at radius 2 is 2.11 bits per heavy atom. The highest BCUT2D eigenvalue weighted by Gasteiger charge is 2.08. The fourth-order valence-corrected chi connectivity index (χ4v) is 2.30. The van der Waals surface area contributed by atoms with E-state index in [1.165, 1.54) is 12.0 Å². The van der Waals surface area contributed by atoms with Crippen LogP contribution in [0.25, 0.3) is 0 Å². The predicted molar refractivity (Wildman–Crippen MR) is 83.0 cm³/mol. The highest BCUT2D eigenvalue weighted by atomic mass is 35.5. The van der Waals surface area contributed by atoms with Gasteiger partial charge in [0.05, 0.1) is 0 Å². The first-order chi connectivity index (χ1) is 9.26. The highest BCUT2D eigenvalue weighted by Crippen LogP contribution is 2.13. The zero-order chi connectivity index (χ0) is 13.9. The lowest BCUT2D eigenvalue weighted by Crippen LogP contribution is -2.32. The molecule has 0 saturated carbocycles. The number of hydrogen-bond acceptors (Lipinski definition) is 2. The molecule has 1 aromatic carbocycles. The number of unbranched alkanes of at least 4 members (excludes halogenated alkanes) is 1. The van der Waals surface area contributed by atoms with Gasteiger partial charge < -0.3 is 10.1 Å². The van der Waals surface area contributed by atoms with E-state index in [1.54, 1.807) is 0 Å². The third kappa shape index (κ3) is 7.56. The topological polar surface area (TPSA) is 21.3 Å². The average Bonchev–Trinajstić information content (AvgIpc) is 2.38. The molecule has 1 N–H and O–H groups in total. The predicted octanol–water partition coefficient (Wildman–Crippen LogP) is 4.07. The van der Waals surface area contributed by atoms with Gasteiger partial charge in [0.25, 0.3) is 0 Å². The largest absolute Gasteiger partial charge is 0.381 e. The van der Waals surface area contributed by atoms with Crippen molar-refractivity contribution in [2.45, 2.75) is 45.6 Å². The highest BCUT2D eigenvalue weighted by molar-refractivity contribution is 6.30. The molecule has 0 radical (unpaired) electrons. The normalized spacial score (nSPS) is 12.6. The molecule has 1 rings (SSSR count). The van der Waals surface area contributed by atoms with Crippen molar-refractivity contribution in [3.05, 3.63) is 34.9 Å². The van der Waals surface area contributed by atoms with Crippen LogP contribution in [-0.2, 0) is 11.2 Å². The fraction of sp³-hybridized carbons (Fsp3) is 0.625. The van der Waals surface area contributed by atoms with Gasteiger partial charge in [0.15, 0.2) is 0 Å². The van der Waals surface area contributed by atoms with Crippen LogP contribution in [0.5, 0.6) is 0 Å². The first-order valence-corrected chi connectivity index (χ1v) is 7.69. The molecule has 0 fully saturated rings. The summed E-state index contributed by atoms with van der Waals surface area (Å²) < 4.78 is 5.65. The lowest BCUT2D eigenvalue weighted by molar-refractivity contribution is 0.121. The monoisotopic (exact) mass is 283 g/mol. The number of rotatable bonds is 10. The lowest BCUT2D eigenvalue weighted by atomic mass is 10.0. The molecule has 0 aliphatic carbocycles. The van der Waals surface area contributed by atoms with Crippen LogP contribution in [0, 0.1) is 0 Å². The first-order valence-electron chi connectivity index (χ1n) is 7.31. The SMILES string of the molecule is CCCCOCCC(Cc1cccc(Cl)c1)NCC. The third-order valence-electron chi connectivity index (χ3n) is 3.12. The van der Waals surface area contributed by atoms with Crippen LogP contribution in [0.1, 0.15) is 38.7 Å². The van der Waals surface area contributed by atoms with E-state index in [1.807, 2.05) is 18.2 Å². The number of nitrogens with one attached hydrogen (secondary N) is 1. The summed E-state index contributed by atoms with van der Waals surface area (Å²) in [4.78, 5) is 0. The Morgan fingerprint density at radius 1 is 1.26 bits per heavy atom. The zero-order valence-electron chi connectivity index (χ0n) is 12.1. The molecule has 108 valence electrons. The molecule has 1 aromatic rings. The van der Waals surface area contributed by atoms with E-state index < -0.39 is 0 Å². The van der Waals surface area contributed by atoms with Crippen molar-refractivity contribution < 1.29 is 4.74 Å². The van der Waals surface area contributed by atoms with Crippen LogP contribution in [0.3, 0.4) is 0 Å². The van der Waals surface area contributed by atoms with Crippen molar-refractivity contribution in [2.75, 3.05) is 19.8 Å². The third-order valence-corrected chi connectivity index (χ3v) is 3.35. The quantitative estimate of drug-likeness (QED) is 0.654. The van der Waals surface area contributed by atoms with Gasteiger partial charge in [-0.05, 0) is 43.5 Å². The Hall–Kier alpha value is -0.570. The van der Waals surface area contributed by atoms with Gasteiger partial charge >= 0.3 is 0 Å². The van der Waals surface area contributed by atoms with Crippen LogP contribution in [0.2, 0.25) is 5.02 Å². The summed E-state index contributed by atoms with van der Waals surface area (Å²) in [5.74, 6) is 0. The average molecular weight is 284 g/mol. The van der Waals surface area contributed by atoms with Crippen molar-refractivity contribution in [2.24, 2.45) is 0 Å². The van der Waals surface area contributed by atoms with E-state index >= 15 is 0 Å². The second-order valence-corrected chi connectivity index (χ2v) is 5.28. The van der Waals surface area contributed by atoms with E-state index in [2.05, 4.69) is 25.2 Å². The van der Waals surface area contributed by atoms with E-state index in [0.717, 1.165) is 44.0 Å². The molecule has 1 atom stereocenters. The Balaban J connectivity index is 2.35. The molecule has 0 aliphatic heterocycles. The molecule has 19 heavy (non-hydrogen) atoms. The zero-order valence-corrected chi connectivity index (χ0v) is 12.9. The minimum absolute atomic E-state index is 0.463. The van der Waals surface area contributed by atoms with Gasteiger partial charge in [-0.25, -0.2) is 0 Å². The maximum absolute atomic E-state index is 6.02. The van der Waals surface area contributed by atoms with Crippen molar-refractivity contribution in [1.29, 1.82) is 0 Å². The maximum atomic E-state index is 6.02. The van der Waals surface area contributed by atoms with Crippen LogP contribution in [-0.4, -0.2) is 25.8 Å². The molecule has 3 heteroatoms. The van der Waals surface area contributed by atoms with E-state index in [0.29, 0.717) is 6.04 Å². The van der Waals surface area contributed by atoms with Gasteiger partial charge in [0.1, 0.15) is 0 Å². The summed E-state index contributed by atoms with van der Waals surface area (Å²) in [5, 5.41) is 4.33. The van der Waals surface area contributed by atoms with Crippen molar-refractivity contribution in [3.8, 4) is 0 Å². The minimum atomic E-state index is 0.463. The van der Waals surface area contributed by atoms with Crippen LogP contribution in [0.15, 0.2) is 24.3 Å². The smallest absolute Gasteiger partial charge is 0.0480 e. The van der Waals surface area contributed by atoms with Gasteiger partial charge in [-0.2, -0.15) is 0 Å². The van der Waals surface area contributed by atoms with Crippen molar-refractivity contribution >= 4 is 11.6 Å². The van der Waals surface area contributed by atoms with E-state index in [9.17, 15) is 0 Å². The second-order valence-electron chi connectivity index (χ2n) is 4.84. The number of benzene rings is 1. The molecular formula is C16H26ClNO. The summed E-state index contributed by atoms with van der Waals surface area (Å²) in [6, 6.07) is 8.57. The maximum Gasteiger partial charge on any atom is 0.0480 e. The van der Waals surface area contributed by atoms with Crippen molar-refractivity contribution in [3.63, 3.8) is 0 Å². The molecule has 2 nitrogen and oxygen atoms in total. The van der Waals surface area contributed by atoms with Gasteiger partial charge in [-0.3, -0.25) is 0 Å². The summed E-state index contributed by atoms with van der Waals surface area (Å²) in [6.45, 7) is 7.03. The summed E-state index contributed by atoms with van der Waals surface area (Å²) >= 11 is 6.02. The van der Waals surface area contributed by atoms with Gasteiger partial charge in [-0.1, -0.05) is 44.0 Å². The second kappa shape index (κ2) is 10.2. The molecule has 0 amide bonds. The summed E-state index contributed by atoms with van der Waals surface area (Å²) in [7, 11) is 0. The fourth-order valence-electron chi connectivity index (χ4n) is 2.09. The first kappa shape index (κ1) is 16.5. The van der Waals surface area contributed by atoms with Crippen LogP contribution < -0.4 is 5.32 Å². The summed E-state index contributed by atoms with van der Waals surface area (Å²) in [5.41, 5.74) is 1.28.